The summed E-state index contributed by atoms with van der Waals surface area (Å²) in [5, 5.41) is 8.77. The second-order valence-corrected chi connectivity index (χ2v) is 5.43. The van der Waals surface area contributed by atoms with Crippen LogP contribution in [0.25, 0.3) is 0 Å². The number of anilines is 1. The molecule has 0 radical (unpaired) electrons. The summed E-state index contributed by atoms with van der Waals surface area (Å²) >= 11 is 0. The predicted molar refractivity (Wildman–Crippen MR) is 79.3 cm³/mol. The number of imidazole rings is 1. The molecule has 0 spiro atoms. The zero-order valence-corrected chi connectivity index (χ0v) is 12.4. The summed E-state index contributed by atoms with van der Waals surface area (Å²) in [5.74, 6) is -0.487. The number of hydrogen-bond donors (Lipinski definition) is 2. The summed E-state index contributed by atoms with van der Waals surface area (Å²) in [6.07, 6.45) is 6.19. The molecule has 0 fully saturated rings. The number of fused-ring (bicyclic) bond motifs is 1. The normalized spacial score (nSPS) is 14.6. The molecule has 0 saturated heterocycles. The molecule has 0 atom stereocenters. The number of rotatable bonds is 5. The van der Waals surface area contributed by atoms with Gasteiger partial charge in [0.25, 0.3) is 0 Å². The van der Waals surface area contributed by atoms with Crippen LogP contribution in [0.5, 0.6) is 0 Å². The minimum Gasteiger partial charge on any atom is -0.480 e. The van der Waals surface area contributed by atoms with E-state index in [1.807, 2.05) is 0 Å². The Morgan fingerprint density at radius 3 is 2.91 bits per heavy atom. The number of carbonyl (C=O) groups is 1. The van der Waals surface area contributed by atoms with Crippen LogP contribution >= 0.6 is 0 Å². The fourth-order valence-corrected chi connectivity index (χ4v) is 2.56. The maximum absolute atomic E-state index is 10.7. The minimum absolute atomic E-state index is 0.117. The Morgan fingerprint density at radius 2 is 2.18 bits per heavy atom. The van der Waals surface area contributed by atoms with Crippen LogP contribution in [0.1, 0.15) is 17.0 Å². The lowest BCUT2D eigenvalue weighted by Crippen LogP contribution is -2.30. The third-order valence-corrected chi connectivity index (χ3v) is 3.67. The maximum atomic E-state index is 10.7. The van der Waals surface area contributed by atoms with Gasteiger partial charge in [-0.25, -0.2) is 15.0 Å². The summed E-state index contributed by atoms with van der Waals surface area (Å²) in [7, 11) is 1.66. The molecule has 0 aromatic carbocycles. The number of aromatic nitrogens is 4. The lowest BCUT2D eigenvalue weighted by Gasteiger charge is -2.25. The molecule has 8 nitrogen and oxygen atoms in total. The van der Waals surface area contributed by atoms with E-state index in [0.29, 0.717) is 5.95 Å². The number of carboxylic acid groups (broad SMARTS) is 1. The van der Waals surface area contributed by atoms with E-state index < -0.39 is 5.97 Å². The van der Waals surface area contributed by atoms with Crippen molar-refractivity contribution >= 4 is 11.9 Å². The second-order valence-electron chi connectivity index (χ2n) is 5.43. The summed E-state index contributed by atoms with van der Waals surface area (Å²) in [6.45, 7) is 2.45. The van der Waals surface area contributed by atoms with E-state index in [0.717, 1.165) is 37.3 Å². The molecule has 22 heavy (non-hydrogen) atoms. The van der Waals surface area contributed by atoms with Crippen molar-refractivity contribution in [2.24, 2.45) is 0 Å². The monoisotopic (exact) mass is 302 g/mol. The first-order valence-corrected chi connectivity index (χ1v) is 7.09. The van der Waals surface area contributed by atoms with Crippen LogP contribution in [0, 0.1) is 0 Å². The number of aromatic amines is 1. The summed E-state index contributed by atoms with van der Waals surface area (Å²) in [6, 6.07) is 0. The molecule has 3 rings (SSSR count). The summed E-state index contributed by atoms with van der Waals surface area (Å²) in [4.78, 5) is 30.4. The SMILES string of the molecule is CN(CC(=O)O)c1ncc(CN2CCc3nc[nH]c3C2)cn1. The van der Waals surface area contributed by atoms with E-state index in [1.165, 1.54) is 10.6 Å². The highest BCUT2D eigenvalue weighted by atomic mass is 16.4. The Bertz CT molecular complexity index is 654. The van der Waals surface area contributed by atoms with Gasteiger partial charge >= 0.3 is 5.97 Å². The predicted octanol–water partition coefficient (Wildman–Crippen LogP) is 0.279. The lowest BCUT2D eigenvalue weighted by molar-refractivity contribution is -0.135. The van der Waals surface area contributed by atoms with Gasteiger partial charge in [0.05, 0.1) is 17.7 Å². The van der Waals surface area contributed by atoms with E-state index in [9.17, 15) is 4.79 Å². The molecule has 3 heterocycles. The molecule has 1 aliphatic heterocycles. The molecule has 0 aliphatic carbocycles. The molecule has 1 aliphatic rings. The van der Waals surface area contributed by atoms with Crippen LogP contribution < -0.4 is 4.90 Å². The van der Waals surface area contributed by atoms with E-state index in [4.69, 9.17) is 5.11 Å². The Morgan fingerprint density at radius 1 is 1.41 bits per heavy atom. The average Bonchev–Trinajstić information content (AvgIpc) is 2.95. The van der Waals surface area contributed by atoms with Gasteiger partial charge in [-0.15, -0.1) is 0 Å². The maximum Gasteiger partial charge on any atom is 0.323 e. The van der Waals surface area contributed by atoms with Gasteiger partial charge in [-0.2, -0.15) is 0 Å². The van der Waals surface area contributed by atoms with E-state index in [2.05, 4.69) is 24.8 Å². The zero-order valence-electron chi connectivity index (χ0n) is 12.4. The lowest BCUT2D eigenvalue weighted by atomic mass is 10.1. The summed E-state index contributed by atoms with van der Waals surface area (Å²) < 4.78 is 0. The number of nitrogens with zero attached hydrogens (tertiary/aromatic N) is 5. The van der Waals surface area contributed by atoms with Crippen LogP contribution in [0.15, 0.2) is 18.7 Å². The van der Waals surface area contributed by atoms with Crippen molar-refractivity contribution in [1.82, 2.24) is 24.8 Å². The molecule has 2 N–H and O–H groups in total. The number of hydrogen-bond acceptors (Lipinski definition) is 6. The van der Waals surface area contributed by atoms with E-state index in [-0.39, 0.29) is 6.54 Å². The second kappa shape index (κ2) is 6.10. The Kier molecular flexibility index (Phi) is 4.01. The van der Waals surface area contributed by atoms with Crippen molar-refractivity contribution in [3.63, 3.8) is 0 Å². The highest BCUT2D eigenvalue weighted by Crippen LogP contribution is 2.17. The minimum atomic E-state index is -0.904. The molecule has 8 heteroatoms. The first-order chi connectivity index (χ1) is 10.6. The molecule has 0 saturated carbocycles. The molecule has 0 unspecified atom stereocenters. The summed E-state index contributed by atoms with van der Waals surface area (Å²) in [5.41, 5.74) is 3.33. The van der Waals surface area contributed by atoms with Crippen molar-refractivity contribution < 1.29 is 9.90 Å². The third kappa shape index (κ3) is 3.22. The highest BCUT2D eigenvalue weighted by molar-refractivity contribution is 5.72. The van der Waals surface area contributed by atoms with Gasteiger partial charge in [-0.3, -0.25) is 9.69 Å². The molecule has 0 amide bonds. The van der Waals surface area contributed by atoms with Crippen LogP contribution in [0.2, 0.25) is 0 Å². The molecule has 2 aromatic rings. The number of aliphatic carboxylic acids is 1. The van der Waals surface area contributed by atoms with Crippen molar-refractivity contribution in [2.75, 3.05) is 25.0 Å². The van der Waals surface area contributed by atoms with Gasteiger partial charge in [-0.05, 0) is 0 Å². The Balaban J connectivity index is 1.61. The van der Waals surface area contributed by atoms with Gasteiger partial charge in [-0.1, -0.05) is 0 Å². The number of nitrogens with one attached hydrogen (secondary N) is 1. The first kappa shape index (κ1) is 14.5. The van der Waals surface area contributed by atoms with E-state index in [1.54, 1.807) is 25.8 Å². The van der Waals surface area contributed by atoms with Gasteiger partial charge in [0, 0.05) is 51.1 Å². The quantitative estimate of drug-likeness (QED) is 0.818. The standard InChI is InChI=1S/C14H18N6O2/c1-19(8-13(21)22)14-15-4-10(5-16-14)6-20-3-2-11-12(7-20)18-9-17-11/h4-5,9H,2-3,6-8H2,1H3,(H,17,18)(H,21,22). The molecule has 2 aromatic heterocycles. The average molecular weight is 302 g/mol. The number of likely N-dealkylation sites (N-methyl/N-ethyl adjacent to an activating group) is 1. The van der Waals surface area contributed by atoms with Crippen LogP contribution in [-0.2, 0) is 24.3 Å². The molecule has 116 valence electrons. The van der Waals surface area contributed by atoms with Crippen molar-refractivity contribution in [3.8, 4) is 0 Å². The van der Waals surface area contributed by atoms with Gasteiger partial charge < -0.3 is 15.0 Å². The zero-order chi connectivity index (χ0) is 15.5. The third-order valence-electron chi connectivity index (χ3n) is 3.67. The highest BCUT2D eigenvalue weighted by Gasteiger charge is 2.18. The van der Waals surface area contributed by atoms with E-state index >= 15 is 0 Å². The Hall–Kier alpha value is -2.48. The Labute approximate surface area is 127 Å². The fraction of sp³-hybridized carbons (Fsp3) is 0.429. The molecular formula is C14H18N6O2. The fourth-order valence-electron chi connectivity index (χ4n) is 2.56. The van der Waals surface area contributed by atoms with Crippen LogP contribution in [-0.4, -0.2) is 56.0 Å². The van der Waals surface area contributed by atoms with Crippen molar-refractivity contribution in [1.29, 1.82) is 0 Å². The topological polar surface area (TPSA) is 98.2 Å². The smallest absolute Gasteiger partial charge is 0.323 e. The number of carboxylic acids is 1. The van der Waals surface area contributed by atoms with Crippen LogP contribution in [0.3, 0.4) is 0 Å². The van der Waals surface area contributed by atoms with Crippen LogP contribution in [0.4, 0.5) is 5.95 Å². The van der Waals surface area contributed by atoms with Crippen molar-refractivity contribution in [2.45, 2.75) is 19.5 Å². The largest absolute Gasteiger partial charge is 0.480 e. The van der Waals surface area contributed by atoms with Gasteiger partial charge in [0.15, 0.2) is 0 Å². The van der Waals surface area contributed by atoms with Crippen molar-refractivity contribution in [3.05, 3.63) is 35.7 Å². The van der Waals surface area contributed by atoms with Gasteiger partial charge in [0.1, 0.15) is 6.54 Å². The molecular weight excluding hydrogens is 284 g/mol. The first-order valence-electron chi connectivity index (χ1n) is 7.09. The van der Waals surface area contributed by atoms with Gasteiger partial charge in [0.2, 0.25) is 5.95 Å². The molecule has 0 bridgehead atoms. The number of H-pyrrole nitrogens is 1.